The van der Waals surface area contributed by atoms with E-state index in [4.69, 9.17) is 9.73 Å². The fourth-order valence-corrected chi connectivity index (χ4v) is 3.87. The van der Waals surface area contributed by atoms with Crippen molar-refractivity contribution in [3.05, 3.63) is 18.0 Å². The van der Waals surface area contributed by atoms with Gasteiger partial charge >= 0.3 is 0 Å². The highest BCUT2D eigenvalue weighted by Crippen LogP contribution is 2.20. The predicted molar refractivity (Wildman–Crippen MR) is 116 cm³/mol. The molecule has 0 aromatic carbocycles. The Morgan fingerprint density at radius 1 is 1.21 bits per heavy atom. The van der Waals surface area contributed by atoms with Crippen molar-refractivity contribution >= 4 is 5.96 Å². The Morgan fingerprint density at radius 2 is 1.96 bits per heavy atom. The molecule has 1 aliphatic rings. The topological polar surface area (TPSA) is 66.7 Å². The third-order valence-corrected chi connectivity index (χ3v) is 5.51. The molecule has 2 N–H and O–H groups in total. The summed E-state index contributed by atoms with van der Waals surface area (Å²) in [6, 6.07) is 0.487. The molecule has 28 heavy (non-hydrogen) atoms. The largest absolute Gasteiger partial charge is 0.379 e. The highest BCUT2D eigenvalue weighted by atomic mass is 16.5. The van der Waals surface area contributed by atoms with Crippen LogP contribution in [0.5, 0.6) is 0 Å². The molecule has 1 atom stereocenters. The fourth-order valence-electron chi connectivity index (χ4n) is 3.87. The van der Waals surface area contributed by atoms with Crippen LogP contribution >= 0.6 is 0 Å². The van der Waals surface area contributed by atoms with E-state index >= 15 is 0 Å². The first-order valence-corrected chi connectivity index (χ1v) is 11.0. The lowest BCUT2D eigenvalue weighted by atomic mass is 9.92. The SMILES string of the molecule is CCNC(=NCC(C(CC)CC)N1CCOCC1)NCCCn1cc(C)cn1. The number of nitrogens with one attached hydrogen (secondary N) is 2. The summed E-state index contributed by atoms with van der Waals surface area (Å²) in [5, 5.41) is 11.2. The molecule has 1 saturated heterocycles. The van der Waals surface area contributed by atoms with Crippen molar-refractivity contribution in [1.82, 2.24) is 25.3 Å². The van der Waals surface area contributed by atoms with E-state index < -0.39 is 0 Å². The minimum absolute atomic E-state index is 0.487. The summed E-state index contributed by atoms with van der Waals surface area (Å²) in [6.45, 7) is 16.0. The maximum absolute atomic E-state index is 5.56. The molecule has 1 aromatic rings. The Labute approximate surface area is 170 Å². The molecule has 7 heteroatoms. The van der Waals surface area contributed by atoms with Crippen molar-refractivity contribution in [2.45, 2.75) is 59.5 Å². The molecule has 160 valence electrons. The molecule has 0 bridgehead atoms. The van der Waals surface area contributed by atoms with Crippen LogP contribution in [-0.4, -0.2) is 72.6 Å². The van der Waals surface area contributed by atoms with Gasteiger partial charge in [-0.15, -0.1) is 0 Å². The van der Waals surface area contributed by atoms with Gasteiger partial charge in [-0.1, -0.05) is 26.7 Å². The van der Waals surface area contributed by atoms with Gasteiger partial charge in [-0.3, -0.25) is 14.6 Å². The monoisotopic (exact) mass is 392 g/mol. The third kappa shape index (κ3) is 7.43. The van der Waals surface area contributed by atoms with E-state index in [-0.39, 0.29) is 0 Å². The van der Waals surface area contributed by atoms with Crippen molar-refractivity contribution in [2.24, 2.45) is 10.9 Å². The maximum atomic E-state index is 5.56. The molecule has 1 aliphatic heterocycles. The van der Waals surface area contributed by atoms with Crippen LogP contribution in [0.2, 0.25) is 0 Å². The van der Waals surface area contributed by atoms with Crippen LogP contribution in [-0.2, 0) is 11.3 Å². The van der Waals surface area contributed by atoms with Crippen LogP contribution in [0.25, 0.3) is 0 Å². The van der Waals surface area contributed by atoms with E-state index in [2.05, 4.69) is 54.5 Å². The molecular formula is C21H40N6O. The lowest BCUT2D eigenvalue weighted by molar-refractivity contribution is 0.00395. The third-order valence-electron chi connectivity index (χ3n) is 5.51. The molecule has 1 unspecified atom stereocenters. The second-order valence-electron chi connectivity index (χ2n) is 7.57. The number of nitrogens with zero attached hydrogens (tertiary/aromatic N) is 4. The van der Waals surface area contributed by atoms with E-state index in [0.29, 0.717) is 12.0 Å². The van der Waals surface area contributed by atoms with Crippen LogP contribution < -0.4 is 10.6 Å². The molecule has 0 spiro atoms. The van der Waals surface area contributed by atoms with Gasteiger partial charge in [-0.25, -0.2) is 0 Å². The Balaban J connectivity index is 1.89. The number of aliphatic imine (C=N–C) groups is 1. The van der Waals surface area contributed by atoms with Crippen LogP contribution in [0.3, 0.4) is 0 Å². The molecule has 1 fully saturated rings. The Bertz CT molecular complexity index is 563. The highest BCUT2D eigenvalue weighted by molar-refractivity contribution is 5.79. The Hall–Kier alpha value is -1.60. The number of hydrogen-bond donors (Lipinski definition) is 2. The van der Waals surface area contributed by atoms with E-state index in [1.165, 1.54) is 18.4 Å². The number of hydrogen-bond acceptors (Lipinski definition) is 4. The van der Waals surface area contributed by atoms with Crippen molar-refractivity contribution in [1.29, 1.82) is 0 Å². The molecule has 0 aliphatic carbocycles. The smallest absolute Gasteiger partial charge is 0.191 e. The van der Waals surface area contributed by atoms with E-state index in [9.17, 15) is 0 Å². The minimum atomic E-state index is 0.487. The predicted octanol–water partition coefficient (Wildman–Crippen LogP) is 2.27. The lowest BCUT2D eigenvalue weighted by Crippen LogP contribution is -2.49. The lowest BCUT2D eigenvalue weighted by Gasteiger charge is -2.38. The Morgan fingerprint density at radius 3 is 2.57 bits per heavy atom. The standard InChI is InChI=1S/C21H40N6O/c1-5-19(6-2)20(26-11-13-28-14-12-26)16-24-21(22-7-3)23-9-8-10-27-17-18(4)15-25-27/h15,17,19-20H,5-14,16H2,1-4H3,(H2,22,23,24). The normalized spacial score (nSPS) is 17.1. The Kier molecular flexibility index (Phi) is 10.4. The quantitative estimate of drug-likeness (QED) is 0.344. The van der Waals surface area contributed by atoms with Crippen molar-refractivity contribution in [2.75, 3.05) is 45.9 Å². The van der Waals surface area contributed by atoms with Crippen LogP contribution in [0.15, 0.2) is 17.4 Å². The van der Waals surface area contributed by atoms with Gasteiger partial charge in [0.15, 0.2) is 5.96 Å². The number of morpholine rings is 1. The van der Waals surface area contributed by atoms with Gasteiger partial charge in [0.1, 0.15) is 0 Å². The summed E-state index contributed by atoms with van der Waals surface area (Å²) in [5.41, 5.74) is 1.21. The number of aryl methyl sites for hydroxylation is 2. The van der Waals surface area contributed by atoms with Gasteiger partial charge in [0.05, 0.1) is 26.0 Å². The van der Waals surface area contributed by atoms with Crippen LogP contribution in [0.1, 0.15) is 45.6 Å². The van der Waals surface area contributed by atoms with Gasteiger partial charge in [0.25, 0.3) is 0 Å². The summed E-state index contributed by atoms with van der Waals surface area (Å²) < 4.78 is 7.56. The molecule has 2 rings (SSSR count). The molecule has 0 amide bonds. The number of guanidine groups is 1. The molecule has 0 saturated carbocycles. The van der Waals surface area contributed by atoms with Gasteiger partial charge in [-0.2, -0.15) is 5.10 Å². The van der Waals surface area contributed by atoms with Gasteiger partial charge in [0.2, 0.25) is 0 Å². The van der Waals surface area contributed by atoms with Crippen LogP contribution in [0, 0.1) is 12.8 Å². The highest BCUT2D eigenvalue weighted by Gasteiger charge is 2.26. The second kappa shape index (κ2) is 12.8. The van der Waals surface area contributed by atoms with Gasteiger partial charge < -0.3 is 15.4 Å². The van der Waals surface area contributed by atoms with Crippen LogP contribution in [0.4, 0.5) is 0 Å². The summed E-state index contributed by atoms with van der Waals surface area (Å²) in [5.74, 6) is 1.59. The number of aromatic nitrogens is 2. The van der Waals surface area contributed by atoms with Gasteiger partial charge in [0, 0.05) is 45.0 Å². The molecule has 1 aromatic heterocycles. The zero-order chi connectivity index (χ0) is 20.2. The summed E-state index contributed by atoms with van der Waals surface area (Å²) in [6.07, 6.45) is 7.40. The maximum Gasteiger partial charge on any atom is 0.191 e. The second-order valence-corrected chi connectivity index (χ2v) is 7.57. The first-order chi connectivity index (χ1) is 13.7. The average molecular weight is 393 g/mol. The minimum Gasteiger partial charge on any atom is -0.379 e. The number of rotatable bonds is 11. The first kappa shape index (κ1) is 22.7. The van der Waals surface area contributed by atoms with Crippen molar-refractivity contribution < 1.29 is 4.74 Å². The van der Waals surface area contributed by atoms with E-state index in [1.54, 1.807) is 0 Å². The molecule has 7 nitrogen and oxygen atoms in total. The fraction of sp³-hybridized carbons (Fsp3) is 0.810. The van der Waals surface area contributed by atoms with E-state index in [1.807, 2.05) is 10.9 Å². The first-order valence-electron chi connectivity index (χ1n) is 11.0. The molecule has 0 radical (unpaired) electrons. The summed E-state index contributed by atoms with van der Waals surface area (Å²) in [7, 11) is 0. The molecular weight excluding hydrogens is 352 g/mol. The van der Waals surface area contributed by atoms with Gasteiger partial charge in [-0.05, 0) is 31.7 Å². The summed E-state index contributed by atoms with van der Waals surface area (Å²) >= 11 is 0. The van der Waals surface area contributed by atoms with Crippen molar-refractivity contribution in [3.8, 4) is 0 Å². The van der Waals surface area contributed by atoms with Crippen molar-refractivity contribution in [3.63, 3.8) is 0 Å². The summed E-state index contributed by atoms with van der Waals surface area (Å²) in [4.78, 5) is 7.52. The van der Waals surface area contributed by atoms with E-state index in [0.717, 1.165) is 64.9 Å². The average Bonchev–Trinajstić information content (AvgIpc) is 3.14. The molecule has 2 heterocycles. The zero-order valence-electron chi connectivity index (χ0n) is 18.3. The zero-order valence-corrected chi connectivity index (χ0v) is 18.3. The number of ether oxygens (including phenoxy) is 1.